The third-order valence-corrected chi connectivity index (χ3v) is 3.05. The van der Waals surface area contributed by atoms with Crippen molar-refractivity contribution in [3.8, 4) is 0 Å². The van der Waals surface area contributed by atoms with Crippen LogP contribution in [0.4, 0.5) is 0 Å². The van der Waals surface area contributed by atoms with Crippen molar-refractivity contribution in [3.05, 3.63) is 35.9 Å². The lowest BCUT2D eigenvalue weighted by molar-refractivity contribution is -0.143. The first kappa shape index (κ1) is 13.7. The van der Waals surface area contributed by atoms with Crippen molar-refractivity contribution in [1.29, 1.82) is 0 Å². The van der Waals surface area contributed by atoms with Crippen LogP contribution in [0.25, 0.3) is 0 Å². The molecule has 2 atom stereocenters. The summed E-state index contributed by atoms with van der Waals surface area (Å²) in [5, 5.41) is 0. The minimum absolute atomic E-state index is 0.0677. The van der Waals surface area contributed by atoms with E-state index in [9.17, 15) is 9.59 Å². The Morgan fingerprint density at radius 1 is 1.21 bits per heavy atom. The summed E-state index contributed by atoms with van der Waals surface area (Å²) in [5.41, 5.74) is 1.03. The van der Waals surface area contributed by atoms with E-state index in [2.05, 4.69) is 0 Å². The number of esters is 1. The van der Waals surface area contributed by atoms with Gasteiger partial charge in [0.2, 0.25) is 0 Å². The number of hydrogen-bond acceptors (Lipinski definition) is 4. The molecule has 0 radical (unpaired) electrons. The van der Waals surface area contributed by atoms with E-state index in [1.165, 1.54) is 0 Å². The van der Waals surface area contributed by atoms with E-state index in [1.807, 2.05) is 30.3 Å². The Labute approximate surface area is 112 Å². The van der Waals surface area contributed by atoms with Crippen LogP contribution in [0, 0.1) is 0 Å². The van der Waals surface area contributed by atoms with E-state index >= 15 is 0 Å². The van der Waals surface area contributed by atoms with Crippen molar-refractivity contribution < 1.29 is 19.1 Å². The normalized spacial score (nSPS) is 20.9. The van der Waals surface area contributed by atoms with E-state index in [0.29, 0.717) is 25.9 Å². The van der Waals surface area contributed by atoms with Crippen molar-refractivity contribution >= 4 is 11.8 Å². The zero-order valence-electron chi connectivity index (χ0n) is 11.0. The second kappa shape index (κ2) is 6.48. The van der Waals surface area contributed by atoms with Gasteiger partial charge in [-0.25, -0.2) is 0 Å². The number of ketones is 1. The molecular formula is C15H18O4. The fourth-order valence-electron chi connectivity index (χ4n) is 2.04. The van der Waals surface area contributed by atoms with Gasteiger partial charge in [0, 0.05) is 12.8 Å². The highest BCUT2D eigenvalue weighted by Crippen LogP contribution is 2.39. The quantitative estimate of drug-likeness (QED) is 0.559. The molecule has 1 aliphatic rings. The second-order valence-corrected chi connectivity index (χ2v) is 4.51. The van der Waals surface area contributed by atoms with Gasteiger partial charge < -0.3 is 9.47 Å². The number of carbonyl (C=O) groups is 2. The molecule has 1 aromatic rings. The van der Waals surface area contributed by atoms with Crippen LogP contribution in [0.2, 0.25) is 0 Å². The molecule has 0 spiro atoms. The average molecular weight is 262 g/mol. The smallest absolute Gasteiger partial charge is 0.305 e. The summed E-state index contributed by atoms with van der Waals surface area (Å²) in [6.07, 6.45) is 0.759. The van der Waals surface area contributed by atoms with Crippen LogP contribution in [0.3, 0.4) is 0 Å². The summed E-state index contributed by atoms with van der Waals surface area (Å²) in [6, 6.07) is 9.70. The van der Waals surface area contributed by atoms with Gasteiger partial charge in [-0.05, 0) is 18.9 Å². The van der Waals surface area contributed by atoms with Crippen LogP contribution in [0.1, 0.15) is 37.9 Å². The van der Waals surface area contributed by atoms with Crippen molar-refractivity contribution in [2.75, 3.05) is 6.61 Å². The first-order chi connectivity index (χ1) is 9.22. The lowest BCUT2D eigenvalue weighted by Crippen LogP contribution is -2.09. The number of Topliss-reactive ketones (excluding diaryl/α,β-unsaturated/α-hetero) is 1. The summed E-state index contributed by atoms with van der Waals surface area (Å²) in [5.74, 6) is -0.176. The minimum atomic E-state index is -0.329. The first-order valence-corrected chi connectivity index (χ1v) is 6.61. The Hall–Kier alpha value is -1.68. The lowest BCUT2D eigenvalue weighted by atomic mass is 10.0. The first-order valence-electron chi connectivity index (χ1n) is 6.61. The Balaban J connectivity index is 1.70. The summed E-state index contributed by atoms with van der Waals surface area (Å²) < 4.78 is 10.2. The number of carbonyl (C=O) groups excluding carboxylic acids is 2. The van der Waals surface area contributed by atoms with Gasteiger partial charge in [0.15, 0.2) is 5.78 Å². The molecule has 19 heavy (non-hydrogen) atoms. The Morgan fingerprint density at radius 2 is 1.95 bits per heavy atom. The minimum Gasteiger partial charge on any atom is -0.466 e. The van der Waals surface area contributed by atoms with E-state index in [0.717, 1.165) is 5.56 Å². The van der Waals surface area contributed by atoms with Gasteiger partial charge in [-0.15, -0.1) is 0 Å². The van der Waals surface area contributed by atoms with Gasteiger partial charge >= 0.3 is 5.97 Å². The third-order valence-electron chi connectivity index (χ3n) is 3.05. The van der Waals surface area contributed by atoms with Crippen LogP contribution in [0.15, 0.2) is 30.3 Å². The van der Waals surface area contributed by atoms with Crippen LogP contribution < -0.4 is 0 Å². The van der Waals surface area contributed by atoms with Crippen LogP contribution in [-0.4, -0.2) is 24.5 Å². The molecule has 4 heteroatoms. The Bertz CT molecular complexity index is 441. The topological polar surface area (TPSA) is 55.9 Å². The molecule has 0 unspecified atom stereocenters. The molecule has 0 amide bonds. The SMILES string of the molecule is CCOC(=O)CCCC(=O)[C@@H]1O[C@H]1c1ccccc1. The van der Waals surface area contributed by atoms with Crippen molar-refractivity contribution in [1.82, 2.24) is 0 Å². The molecule has 0 bridgehead atoms. The zero-order valence-corrected chi connectivity index (χ0v) is 11.0. The number of ether oxygens (including phenoxy) is 2. The highest BCUT2D eigenvalue weighted by atomic mass is 16.6. The van der Waals surface area contributed by atoms with E-state index in [-0.39, 0.29) is 24.0 Å². The van der Waals surface area contributed by atoms with E-state index in [4.69, 9.17) is 9.47 Å². The largest absolute Gasteiger partial charge is 0.466 e. The standard InChI is InChI=1S/C15H18O4/c1-2-18-13(17)10-6-9-12(16)15-14(19-15)11-7-4-3-5-8-11/h3-5,7-8,14-15H,2,6,9-10H2,1H3/t14-,15-/m0/s1. The molecule has 4 nitrogen and oxygen atoms in total. The van der Waals surface area contributed by atoms with Crippen LogP contribution >= 0.6 is 0 Å². The highest BCUT2D eigenvalue weighted by molar-refractivity contribution is 5.86. The zero-order chi connectivity index (χ0) is 13.7. The maximum atomic E-state index is 11.9. The molecule has 1 aromatic carbocycles. The van der Waals surface area contributed by atoms with E-state index < -0.39 is 0 Å². The molecule has 2 rings (SSSR count). The van der Waals surface area contributed by atoms with Gasteiger partial charge in [0.05, 0.1) is 6.61 Å². The molecule has 1 saturated heterocycles. The lowest BCUT2D eigenvalue weighted by Gasteiger charge is -2.00. The van der Waals surface area contributed by atoms with E-state index in [1.54, 1.807) is 6.92 Å². The predicted molar refractivity (Wildman–Crippen MR) is 69.5 cm³/mol. The molecule has 102 valence electrons. The summed E-state index contributed by atoms with van der Waals surface area (Å²) in [7, 11) is 0. The monoisotopic (exact) mass is 262 g/mol. The number of benzene rings is 1. The fourth-order valence-corrected chi connectivity index (χ4v) is 2.04. The van der Waals surface area contributed by atoms with Gasteiger partial charge in [0.1, 0.15) is 12.2 Å². The predicted octanol–water partition coefficient (Wildman–Crippen LogP) is 2.43. The Morgan fingerprint density at radius 3 is 2.63 bits per heavy atom. The van der Waals surface area contributed by atoms with Crippen molar-refractivity contribution in [3.63, 3.8) is 0 Å². The fraction of sp³-hybridized carbons (Fsp3) is 0.467. The van der Waals surface area contributed by atoms with Gasteiger partial charge in [0.25, 0.3) is 0 Å². The molecule has 0 N–H and O–H groups in total. The summed E-state index contributed by atoms with van der Waals surface area (Å²) in [4.78, 5) is 23.0. The van der Waals surface area contributed by atoms with Gasteiger partial charge in [-0.3, -0.25) is 9.59 Å². The number of rotatable bonds is 7. The number of epoxide rings is 1. The molecule has 0 saturated carbocycles. The Kier molecular flexibility index (Phi) is 4.68. The van der Waals surface area contributed by atoms with Crippen molar-refractivity contribution in [2.45, 2.75) is 38.4 Å². The maximum absolute atomic E-state index is 11.9. The number of hydrogen-bond donors (Lipinski definition) is 0. The van der Waals surface area contributed by atoms with Crippen LogP contribution in [-0.2, 0) is 19.1 Å². The second-order valence-electron chi connectivity index (χ2n) is 4.51. The molecular weight excluding hydrogens is 244 g/mol. The maximum Gasteiger partial charge on any atom is 0.305 e. The molecule has 1 fully saturated rings. The molecule has 0 aromatic heterocycles. The summed E-state index contributed by atoms with van der Waals surface area (Å²) in [6.45, 7) is 2.15. The average Bonchev–Trinajstić information content (AvgIpc) is 3.20. The van der Waals surface area contributed by atoms with Crippen LogP contribution in [0.5, 0.6) is 0 Å². The van der Waals surface area contributed by atoms with Gasteiger partial charge in [-0.1, -0.05) is 30.3 Å². The molecule has 1 heterocycles. The molecule has 0 aliphatic carbocycles. The van der Waals surface area contributed by atoms with Gasteiger partial charge in [-0.2, -0.15) is 0 Å². The third kappa shape index (κ3) is 3.89. The molecule has 1 aliphatic heterocycles. The highest BCUT2D eigenvalue weighted by Gasteiger charge is 2.44. The summed E-state index contributed by atoms with van der Waals surface area (Å²) >= 11 is 0. The van der Waals surface area contributed by atoms with Crippen molar-refractivity contribution in [2.24, 2.45) is 0 Å².